The van der Waals surface area contributed by atoms with Gasteiger partial charge in [0.1, 0.15) is 0 Å². The predicted octanol–water partition coefficient (Wildman–Crippen LogP) is 2.31. The summed E-state index contributed by atoms with van der Waals surface area (Å²) in [7, 11) is -3.81. The molecule has 0 aliphatic heterocycles. The first-order valence-corrected chi connectivity index (χ1v) is 7.57. The number of hydrogen-bond acceptors (Lipinski definition) is 3. The zero-order valence-corrected chi connectivity index (χ0v) is 12.0. The van der Waals surface area contributed by atoms with Crippen LogP contribution in [0.1, 0.15) is 15.9 Å². The lowest BCUT2D eigenvalue weighted by Crippen LogP contribution is -2.11. The fourth-order valence-electron chi connectivity index (χ4n) is 1.87. The third kappa shape index (κ3) is 2.97. The van der Waals surface area contributed by atoms with Crippen molar-refractivity contribution in [3.63, 3.8) is 0 Å². The zero-order valence-electron chi connectivity index (χ0n) is 11.2. The van der Waals surface area contributed by atoms with Gasteiger partial charge in [-0.2, -0.15) is 4.79 Å². The zero-order chi connectivity index (χ0) is 15.5. The van der Waals surface area contributed by atoms with E-state index in [0.717, 1.165) is 5.56 Å². The van der Waals surface area contributed by atoms with Crippen molar-refractivity contribution in [2.75, 3.05) is 0 Å². The maximum absolute atomic E-state index is 12.6. The number of Topliss-reactive ketones (excluding diaryl/α,β-unsaturated/α-hetero) is 1. The molecule has 2 rings (SSSR count). The van der Waals surface area contributed by atoms with Gasteiger partial charge in [0.15, 0.2) is 0 Å². The van der Waals surface area contributed by atoms with Gasteiger partial charge in [-0.05, 0) is 31.2 Å². The predicted molar refractivity (Wildman–Crippen MR) is 77.1 cm³/mol. The van der Waals surface area contributed by atoms with Crippen LogP contribution in [0.4, 0.5) is 0 Å². The van der Waals surface area contributed by atoms with Crippen molar-refractivity contribution in [2.45, 2.75) is 16.7 Å². The standard InChI is InChI=1S/C15H12N2O3S/c1-11-6-8-12(9-7-11)21(19,20)15-5-3-2-4-13(15)14(18)10-17-16/h2-10H,1H3. The topological polar surface area (TPSA) is 87.6 Å². The molecule has 2 aromatic carbocycles. The number of hydrogen-bond donors (Lipinski definition) is 0. The molecule has 0 fully saturated rings. The van der Waals surface area contributed by atoms with E-state index in [0.29, 0.717) is 6.21 Å². The summed E-state index contributed by atoms with van der Waals surface area (Å²) in [5, 5.41) is 0. The van der Waals surface area contributed by atoms with Gasteiger partial charge in [-0.25, -0.2) is 8.42 Å². The molecule has 0 radical (unpaired) electrons. The first-order chi connectivity index (χ1) is 9.96. The van der Waals surface area contributed by atoms with Crippen LogP contribution in [0.2, 0.25) is 0 Å². The van der Waals surface area contributed by atoms with E-state index in [2.05, 4.69) is 4.79 Å². The number of benzene rings is 2. The molecule has 2 aromatic rings. The summed E-state index contributed by atoms with van der Waals surface area (Å²) in [5.74, 6) is -0.677. The highest BCUT2D eigenvalue weighted by Gasteiger charge is 2.24. The van der Waals surface area contributed by atoms with Gasteiger partial charge in [0.05, 0.1) is 9.79 Å². The Kier molecular flexibility index (Phi) is 4.12. The Morgan fingerprint density at radius 1 is 1.10 bits per heavy atom. The fraction of sp³-hybridized carbons (Fsp3) is 0.0667. The second-order valence-corrected chi connectivity index (χ2v) is 6.34. The first-order valence-electron chi connectivity index (χ1n) is 6.09. The van der Waals surface area contributed by atoms with Crippen LogP contribution in [0.15, 0.2) is 58.3 Å². The Hall–Kier alpha value is -2.56. The summed E-state index contributed by atoms with van der Waals surface area (Å²) in [6.07, 6.45) is 0.670. The molecule has 0 aliphatic rings. The second kappa shape index (κ2) is 5.83. The third-order valence-electron chi connectivity index (χ3n) is 2.95. The lowest BCUT2D eigenvalue weighted by atomic mass is 10.1. The third-order valence-corrected chi connectivity index (χ3v) is 4.78. The van der Waals surface area contributed by atoms with Crippen LogP contribution in [-0.4, -0.2) is 25.2 Å². The van der Waals surface area contributed by atoms with Crippen LogP contribution < -0.4 is 0 Å². The van der Waals surface area contributed by atoms with E-state index >= 15 is 0 Å². The molecule has 106 valence electrons. The Morgan fingerprint density at radius 3 is 2.33 bits per heavy atom. The molecule has 0 spiro atoms. The van der Waals surface area contributed by atoms with E-state index in [9.17, 15) is 13.2 Å². The van der Waals surface area contributed by atoms with Gasteiger partial charge in [-0.1, -0.05) is 29.8 Å². The Bertz CT molecular complexity index is 833. The second-order valence-electron chi connectivity index (χ2n) is 4.42. The summed E-state index contributed by atoms with van der Waals surface area (Å²) >= 11 is 0. The molecule has 5 nitrogen and oxygen atoms in total. The Balaban J connectivity index is 2.63. The molecule has 0 saturated carbocycles. The molecule has 0 heterocycles. The van der Waals surface area contributed by atoms with Gasteiger partial charge in [0, 0.05) is 5.56 Å². The maximum atomic E-state index is 12.6. The van der Waals surface area contributed by atoms with Crippen LogP contribution in [0, 0.1) is 6.92 Å². The van der Waals surface area contributed by atoms with Crippen LogP contribution in [-0.2, 0) is 9.84 Å². The van der Waals surface area contributed by atoms with Crippen LogP contribution in [0.25, 0.3) is 5.53 Å². The van der Waals surface area contributed by atoms with Gasteiger partial charge in [-0.15, -0.1) is 0 Å². The van der Waals surface area contributed by atoms with Gasteiger partial charge in [0.25, 0.3) is 5.78 Å². The number of carbonyl (C=O) groups is 1. The van der Waals surface area contributed by atoms with Crippen molar-refractivity contribution in [3.8, 4) is 0 Å². The van der Waals surface area contributed by atoms with Crippen LogP contribution in [0.5, 0.6) is 0 Å². The normalized spacial score (nSPS) is 10.7. The van der Waals surface area contributed by atoms with E-state index in [1.54, 1.807) is 18.2 Å². The van der Waals surface area contributed by atoms with Gasteiger partial charge >= 0.3 is 6.21 Å². The molecule has 0 aromatic heterocycles. The highest BCUT2D eigenvalue weighted by Crippen LogP contribution is 2.24. The largest absolute Gasteiger partial charge is 0.361 e. The van der Waals surface area contributed by atoms with Crippen molar-refractivity contribution < 1.29 is 18.0 Å². The Labute approximate surface area is 122 Å². The molecule has 0 N–H and O–H groups in total. The molecular formula is C15H12N2O3S. The summed E-state index contributed by atoms with van der Waals surface area (Å²) < 4.78 is 25.2. The molecule has 6 heteroatoms. The molecule has 0 saturated heterocycles. The number of rotatable bonds is 4. The van der Waals surface area contributed by atoms with E-state index < -0.39 is 15.6 Å². The summed E-state index contributed by atoms with van der Waals surface area (Å²) in [5.41, 5.74) is 9.34. The van der Waals surface area contributed by atoms with Crippen molar-refractivity contribution >= 4 is 21.8 Å². The SMILES string of the molecule is Cc1ccc(S(=O)(=O)c2ccccc2C(=O)C=[N+]=[N-])cc1. The van der Waals surface area contributed by atoms with E-state index in [-0.39, 0.29) is 15.4 Å². The number of ketones is 1. The lowest BCUT2D eigenvalue weighted by molar-refractivity contribution is 0.00232. The van der Waals surface area contributed by atoms with Crippen molar-refractivity contribution in [1.29, 1.82) is 0 Å². The first kappa shape index (κ1) is 14.8. The minimum absolute atomic E-state index is 0.0316. The number of aryl methyl sites for hydroxylation is 1. The molecule has 0 aliphatic carbocycles. The van der Waals surface area contributed by atoms with E-state index in [4.69, 9.17) is 5.53 Å². The quantitative estimate of drug-likeness (QED) is 0.375. The molecular weight excluding hydrogens is 288 g/mol. The minimum atomic E-state index is -3.81. The summed E-state index contributed by atoms with van der Waals surface area (Å²) in [6.45, 7) is 1.85. The highest BCUT2D eigenvalue weighted by molar-refractivity contribution is 7.91. The molecule has 0 atom stereocenters. The van der Waals surface area contributed by atoms with Crippen LogP contribution in [0.3, 0.4) is 0 Å². The smallest absolute Gasteiger partial charge is 0.328 e. The molecule has 0 unspecified atom stereocenters. The summed E-state index contributed by atoms with van der Waals surface area (Å²) in [4.78, 5) is 14.5. The van der Waals surface area contributed by atoms with Gasteiger partial charge in [0.2, 0.25) is 9.84 Å². The molecule has 0 bridgehead atoms. The molecule has 0 amide bonds. The number of sulfone groups is 1. The Morgan fingerprint density at radius 2 is 1.71 bits per heavy atom. The van der Waals surface area contributed by atoms with Crippen molar-refractivity contribution in [1.82, 2.24) is 0 Å². The number of carbonyl (C=O) groups excluding carboxylic acids is 1. The molecule has 21 heavy (non-hydrogen) atoms. The van der Waals surface area contributed by atoms with Crippen molar-refractivity contribution in [3.05, 3.63) is 65.2 Å². The highest BCUT2D eigenvalue weighted by atomic mass is 32.2. The summed E-state index contributed by atoms with van der Waals surface area (Å²) in [6, 6.07) is 12.2. The van der Waals surface area contributed by atoms with E-state index in [1.807, 2.05) is 6.92 Å². The average Bonchev–Trinajstić information content (AvgIpc) is 2.48. The van der Waals surface area contributed by atoms with E-state index in [1.165, 1.54) is 30.3 Å². The average molecular weight is 300 g/mol. The monoisotopic (exact) mass is 300 g/mol. The van der Waals surface area contributed by atoms with Gasteiger partial charge < -0.3 is 5.53 Å². The number of nitrogens with zero attached hydrogens (tertiary/aromatic N) is 2. The fourth-order valence-corrected chi connectivity index (χ4v) is 3.34. The minimum Gasteiger partial charge on any atom is -0.361 e. The van der Waals surface area contributed by atoms with Crippen molar-refractivity contribution in [2.24, 2.45) is 0 Å². The maximum Gasteiger partial charge on any atom is 0.328 e. The van der Waals surface area contributed by atoms with Gasteiger partial charge in [-0.3, -0.25) is 4.79 Å². The lowest BCUT2D eigenvalue weighted by Gasteiger charge is -2.08. The van der Waals surface area contributed by atoms with Crippen LogP contribution >= 0.6 is 0 Å².